The third-order valence-corrected chi connectivity index (χ3v) is 6.58. The highest BCUT2D eigenvalue weighted by Crippen LogP contribution is 2.15. The van der Waals surface area contributed by atoms with Crippen molar-refractivity contribution in [1.82, 2.24) is 15.1 Å². The standard InChI is InChI=1S/C16H32N4O4S.HI/c1-6-17-14(18-8-13-25(22,23)16(3,4)5)19-9-11-20(12-10-19)15(21)24-7-2;/h6-13H2,1-5H3,(H,17,18);1H. The third-order valence-electron chi connectivity index (χ3n) is 3.99. The van der Waals surface area contributed by atoms with Gasteiger partial charge in [0.05, 0.1) is 23.7 Å². The fourth-order valence-corrected chi connectivity index (χ4v) is 3.26. The Hall–Kier alpha value is -0.780. The third kappa shape index (κ3) is 7.45. The number of rotatable bonds is 5. The van der Waals surface area contributed by atoms with Crippen LogP contribution in [0, 0.1) is 0 Å². The minimum Gasteiger partial charge on any atom is -0.450 e. The van der Waals surface area contributed by atoms with Crippen LogP contribution in [0.25, 0.3) is 0 Å². The molecule has 1 aliphatic heterocycles. The molecule has 0 aromatic carbocycles. The van der Waals surface area contributed by atoms with E-state index in [0.717, 1.165) is 0 Å². The molecule has 10 heteroatoms. The van der Waals surface area contributed by atoms with E-state index in [2.05, 4.69) is 10.3 Å². The molecule has 0 bridgehead atoms. The van der Waals surface area contributed by atoms with Gasteiger partial charge in [0.2, 0.25) is 0 Å². The number of guanidine groups is 1. The molecule has 1 heterocycles. The molecule has 1 amide bonds. The summed E-state index contributed by atoms with van der Waals surface area (Å²) in [4.78, 5) is 19.9. The molecule has 1 fully saturated rings. The van der Waals surface area contributed by atoms with Gasteiger partial charge in [0, 0.05) is 32.7 Å². The first-order valence-corrected chi connectivity index (χ1v) is 10.4. The topological polar surface area (TPSA) is 91.3 Å². The number of carbonyl (C=O) groups excluding carboxylic acids is 1. The zero-order valence-corrected chi connectivity index (χ0v) is 19.6. The van der Waals surface area contributed by atoms with E-state index in [1.807, 2.05) is 11.8 Å². The maximum absolute atomic E-state index is 12.2. The van der Waals surface area contributed by atoms with E-state index in [9.17, 15) is 13.2 Å². The summed E-state index contributed by atoms with van der Waals surface area (Å²) in [6.07, 6.45) is -0.291. The molecule has 8 nitrogen and oxygen atoms in total. The van der Waals surface area contributed by atoms with Gasteiger partial charge in [-0.05, 0) is 34.6 Å². The Kier molecular flexibility index (Phi) is 10.8. The van der Waals surface area contributed by atoms with Gasteiger partial charge in [-0.2, -0.15) is 0 Å². The Balaban J connectivity index is 0.00000625. The van der Waals surface area contributed by atoms with Crippen LogP contribution in [0.2, 0.25) is 0 Å². The van der Waals surface area contributed by atoms with Crippen molar-refractivity contribution in [1.29, 1.82) is 0 Å². The number of nitrogens with one attached hydrogen (secondary N) is 1. The maximum atomic E-state index is 12.2. The second kappa shape index (κ2) is 11.2. The molecular formula is C16H33IN4O4S. The van der Waals surface area contributed by atoms with Crippen molar-refractivity contribution in [2.45, 2.75) is 39.4 Å². The Bertz CT molecular complexity index is 567. The zero-order valence-electron chi connectivity index (χ0n) is 16.4. The molecule has 0 saturated carbocycles. The van der Waals surface area contributed by atoms with Crippen molar-refractivity contribution < 1.29 is 17.9 Å². The van der Waals surface area contributed by atoms with Crippen molar-refractivity contribution in [2.24, 2.45) is 4.99 Å². The molecule has 0 aliphatic carbocycles. The smallest absolute Gasteiger partial charge is 0.409 e. The lowest BCUT2D eigenvalue weighted by Gasteiger charge is -2.35. The number of sulfone groups is 1. The summed E-state index contributed by atoms with van der Waals surface area (Å²) < 4.78 is 28.6. The van der Waals surface area contributed by atoms with Gasteiger partial charge >= 0.3 is 6.09 Å². The molecule has 1 N–H and O–H groups in total. The molecule has 0 aromatic heterocycles. The molecular weight excluding hydrogens is 471 g/mol. The molecule has 0 spiro atoms. The van der Waals surface area contributed by atoms with Crippen LogP contribution in [0.3, 0.4) is 0 Å². The summed E-state index contributed by atoms with van der Waals surface area (Å²) in [5, 5.41) is 3.19. The lowest BCUT2D eigenvalue weighted by molar-refractivity contribution is 0.0914. The number of carbonyl (C=O) groups is 1. The molecule has 26 heavy (non-hydrogen) atoms. The molecule has 0 radical (unpaired) electrons. The van der Waals surface area contributed by atoms with E-state index in [-0.39, 0.29) is 42.4 Å². The first-order valence-electron chi connectivity index (χ1n) is 8.79. The lowest BCUT2D eigenvalue weighted by Crippen LogP contribution is -2.54. The highest BCUT2D eigenvalue weighted by Gasteiger charge is 2.28. The number of amides is 1. The second-order valence-electron chi connectivity index (χ2n) is 6.84. The Morgan fingerprint density at radius 2 is 1.65 bits per heavy atom. The Morgan fingerprint density at radius 1 is 1.12 bits per heavy atom. The van der Waals surface area contributed by atoms with E-state index >= 15 is 0 Å². The predicted octanol–water partition coefficient (Wildman–Crippen LogP) is 1.56. The first-order chi connectivity index (χ1) is 11.6. The number of ether oxygens (including phenoxy) is 1. The van der Waals surface area contributed by atoms with Crippen LogP contribution < -0.4 is 5.32 Å². The maximum Gasteiger partial charge on any atom is 0.409 e. The summed E-state index contributed by atoms with van der Waals surface area (Å²) in [6, 6.07) is 0. The molecule has 0 atom stereocenters. The monoisotopic (exact) mass is 504 g/mol. The van der Waals surface area contributed by atoms with Crippen LogP contribution in [0.5, 0.6) is 0 Å². The van der Waals surface area contributed by atoms with Crippen LogP contribution in [0.1, 0.15) is 34.6 Å². The zero-order chi connectivity index (χ0) is 19.1. The highest BCUT2D eigenvalue weighted by atomic mass is 127. The Labute approximate surface area is 174 Å². The quantitative estimate of drug-likeness (QED) is 0.347. The van der Waals surface area contributed by atoms with Crippen LogP contribution in [0.4, 0.5) is 4.79 Å². The van der Waals surface area contributed by atoms with E-state index < -0.39 is 14.6 Å². The van der Waals surface area contributed by atoms with Gasteiger partial charge < -0.3 is 19.9 Å². The molecule has 1 saturated heterocycles. The van der Waals surface area contributed by atoms with E-state index in [1.54, 1.807) is 32.6 Å². The second-order valence-corrected chi connectivity index (χ2v) is 9.70. The predicted molar refractivity (Wildman–Crippen MR) is 115 cm³/mol. The lowest BCUT2D eigenvalue weighted by atomic mass is 10.3. The number of piperazine rings is 1. The minimum atomic E-state index is -3.19. The van der Waals surface area contributed by atoms with Gasteiger partial charge in [-0.25, -0.2) is 13.2 Å². The van der Waals surface area contributed by atoms with Crippen LogP contribution in [-0.2, 0) is 14.6 Å². The summed E-state index contributed by atoms with van der Waals surface area (Å²) in [5.74, 6) is 0.712. The summed E-state index contributed by atoms with van der Waals surface area (Å²) in [6.45, 7) is 12.5. The number of halogens is 1. The van der Waals surface area contributed by atoms with Gasteiger partial charge in [-0.1, -0.05) is 0 Å². The normalized spacial score (nSPS) is 16.1. The van der Waals surface area contributed by atoms with Crippen LogP contribution in [-0.4, -0.2) is 86.6 Å². The van der Waals surface area contributed by atoms with Gasteiger partial charge in [-0.3, -0.25) is 4.99 Å². The Morgan fingerprint density at radius 3 is 2.12 bits per heavy atom. The van der Waals surface area contributed by atoms with E-state index in [0.29, 0.717) is 45.3 Å². The molecule has 0 unspecified atom stereocenters. The number of aliphatic imine (C=N–C) groups is 1. The highest BCUT2D eigenvalue weighted by molar-refractivity contribution is 14.0. The molecule has 1 rings (SSSR count). The fourth-order valence-electron chi connectivity index (χ4n) is 2.32. The summed E-state index contributed by atoms with van der Waals surface area (Å²) >= 11 is 0. The van der Waals surface area contributed by atoms with Crippen molar-refractivity contribution in [3.05, 3.63) is 0 Å². The molecule has 154 valence electrons. The minimum absolute atomic E-state index is 0. The average Bonchev–Trinajstić information content (AvgIpc) is 2.53. The van der Waals surface area contributed by atoms with Gasteiger partial charge in [0.25, 0.3) is 0 Å². The first kappa shape index (κ1) is 25.2. The fraction of sp³-hybridized carbons (Fsp3) is 0.875. The van der Waals surface area contributed by atoms with E-state index in [4.69, 9.17) is 4.74 Å². The van der Waals surface area contributed by atoms with Crippen molar-refractivity contribution in [3.63, 3.8) is 0 Å². The number of nitrogens with zero attached hydrogens (tertiary/aromatic N) is 3. The average molecular weight is 504 g/mol. The van der Waals surface area contributed by atoms with Gasteiger partial charge in [-0.15, -0.1) is 24.0 Å². The number of hydrogen-bond acceptors (Lipinski definition) is 5. The largest absolute Gasteiger partial charge is 0.450 e. The summed E-state index contributed by atoms with van der Waals surface area (Å²) in [7, 11) is -3.19. The SMILES string of the molecule is CCNC(=NCCS(=O)(=O)C(C)(C)C)N1CCN(C(=O)OCC)CC1.I. The van der Waals surface area contributed by atoms with Crippen molar-refractivity contribution in [3.8, 4) is 0 Å². The molecule has 1 aliphatic rings. The van der Waals surface area contributed by atoms with Crippen molar-refractivity contribution >= 4 is 45.9 Å². The van der Waals surface area contributed by atoms with Gasteiger partial charge in [0.15, 0.2) is 15.8 Å². The van der Waals surface area contributed by atoms with Gasteiger partial charge in [0.1, 0.15) is 0 Å². The van der Waals surface area contributed by atoms with E-state index in [1.165, 1.54) is 0 Å². The van der Waals surface area contributed by atoms with Crippen LogP contribution in [0.15, 0.2) is 4.99 Å². The number of hydrogen-bond donors (Lipinski definition) is 1. The summed E-state index contributed by atoms with van der Waals surface area (Å²) in [5.41, 5.74) is 0. The van der Waals surface area contributed by atoms with Crippen molar-refractivity contribution in [2.75, 3.05) is 51.6 Å². The van der Waals surface area contributed by atoms with Crippen LogP contribution >= 0.6 is 24.0 Å². The molecule has 0 aromatic rings.